The summed E-state index contributed by atoms with van der Waals surface area (Å²) in [4.78, 5) is 33.2. The van der Waals surface area contributed by atoms with Gasteiger partial charge in [0.1, 0.15) is 6.04 Å². The Morgan fingerprint density at radius 2 is 1.80 bits per heavy atom. The minimum absolute atomic E-state index is 0.0844. The molecule has 0 bridgehead atoms. The molecule has 0 aliphatic carbocycles. The van der Waals surface area contributed by atoms with Crippen LogP contribution in [0.2, 0.25) is 0 Å². The predicted octanol–water partition coefficient (Wildman–Crippen LogP) is 1.08. The van der Waals surface area contributed by atoms with Crippen LogP contribution in [-0.2, 0) is 9.59 Å². The number of benzene rings is 1. The van der Waals surface area contributed by atoms with Crippen LogP contribution in [-0.4, -0.2) is 45.6 Å². The number of aliphatic carboxylic acids is 2. The largest absolute Gasteiger partial charge is 0.481 e. The summed E-state index contributed by atoms with van der Waals surface area (Å²) in [5.41, 5.74) is 0.386. The van der Waals surface area contributed by atoms with Gasteiger partial charge in [0.2, 0.25) is 0 Å². The minimum Gasteiger partial charge on any atom is -0.481 e. The molecule has 0 aromatic heterocycles. The first-order chi connectivity index (χ1) is 9.50. The van der Waals surface area contributed by atoms with E-state index in [1.807, 2.05) is 0 Å². The molecule has 1 rings (SSSR count). The van der Waals surface area contributed by atoms with E-state index in [1.165, 1.54) is 0 Å². The molecule has 0 radical (unpaired) electrons. The Kier molecular flexibility index (Phi) is 6.58. The number of carboxylic acid groups (broad SMARTS) is 2. The highest BCUT2D eigenvalue weighted by Gasteiger charge is 2.20. The summed E-state index contributed by atoms with van der Waals surface area (Å²) in [6, 6.07) is 7.29. The summed E-state index contributed by atoms with van der Waals surface area (Å²) < 4.78 is 0. The Morgan fingerprint density at radius 3 is 2.35 bits per heavy atom. The van der Waals surface area contributed by atoms with E-state index in [9.17, 15) is 14.4 Å². The van der Waals surface area contributed by atoms with Crippen molar-refractivity contribution in [1.82, 2.24) is 5.32 Å². The Labute approximate surface area is 120 Å². The number of nitrogens with one attached hydrogen (secondary N) is 1. The van der Waals surface area contributed by atoms with E-state index in [0.717, 1.165) is 11.8 Å². The zero-order valence-electron chi connectivity index (χ0n) is 10.6. The smallest absolute Gasteiger partial charge is 0.326 e. The molecule has 0 aliphatic heterocycles. The fourth-order valence-corrected chi connectivity index (χ4v) is 2.17. The van der Waals surface area contributed by atoms with Crippen LogP contribution in [0.3, 0.4) is 0 Å². The molecule has 0 aliphatic rings. The fourth-order valence-electron chi connectivity index (χ4n) is 1.45. The quantitative estimate of drug-likeness (QED) is 0.620. The molecule has 1 amide bonds. The molecule has 7 heteroatoms. The molecule has 20 heavy (non-hydrogen) atoms. The lowest BCUT2D eigenvalue weighted by atomic mass is 10.1. The van der Waals surface area contributed by atoms with Gasteiger partial charge in [-0.25, -0.2) is 4.79 Å². The molecule has 1 aromatic rings. The predicted molar refractivity (Wildman–Crippen MR) is 74.9 cm³/mol. The van der Waals surface area contributed by atoms with Crippen LogP contribution < -0.4 is 5.32 Å². The van der Waals surface area contributed by atoms with Crippen LogP contribution in [0.1, 0.15) is 16.8 Å². The average molecular weight is 297 g/mol. The molecule has 0 saturated carbocycles. The van der Waals surface area contributed by atoms with Crippen LogP contribution >= 0.6 is 11.8 Å². The lowest BCUT2D eigenvalue weighted by Crippen LogP contribution is -2.41. The second-order valence-electron chi connectivity index (χ2n) is 3.97. The summed E-state index contributed by atoms with van der Waals surface area (Å²) in [7, 11) is 0. The van der Waals surface area contributed by atoms with Crippen molar-refractivity contribution in [3.8, 4) is 0 Å². The first-order valence-electron chi connectivity index (χ1n) is 5.89. The van der Waals surface area contributed by atoms with E-state index in [4.69, 9.17) is 10.2 Å². The van der Waals surface area contributed by atoms with Gasteiger partial charge in [-0.1, -0.05) is 18.2 Å². The molecular formula is C13H15NO5S. The van der Waals surface area contributed by atoms with Crippen LogP contribution in [0.5, 0.6) is 0 Å². The van der Waals surface area contributed by atoms with Gasteiger partial charge in [0.25, 0.3) is 5.91 Å². The molecule has 3 N–H and O–H groups in total. The van der Waals surface area contributed by atoms with E-state index in [2.05, 4.69) is 5.32 Å². The van der Waals surface area contributed by atoms with Crippen molar-refractivity contribution in [3.05, 3.63) is 35.9 Å². The standard InChI is InChI=1S/C13H15NO5S/c15-11(16)8-20-7-6-10(13(18)19)14-12(17)9-4-2-1-3-5-9/h1-5,10H,6-8H2,(H,14,17)(H,15,16)(H,18,19)/t10-/m0/s1. The summed E-state index contributed by atoms with van der Waals surface area (Å²) in [6.45, 7) is 0. The minimum atomic E-state index is -1.13. The molecular weight excluding hydrogens is 282 g/mol. The van der Waals surface area contributed by atoms with Gasteiger partial charge in [0.05, 0.1) is 5.75 Å². The van der Waals surface area contributed by atoms with Gasteiger partial charge >= 0.3 is 11.9 Å². The van der Waals surface area contributed by atoms with E-state index in [1.54, 1.807) is 30.3 Å². The average Bonchev–Trinajstić information content (AvgIpc) is 2.42. The lowest BCUT2D eigenvalue weighted by Gasteiger charge is -2.14. The van der Waals surface area contributed by atoms with Crippen molar-refractivity contribution in [2.45, 2.75) is 12.5 Å². The SMILES string of the molecule is O=C(O)CSCC[C@H](NC(=O)c1ccccc1)C(=O)O. The second kappa shape index (κ2) is 8.21. The Hall–Kier alpha value is -2.02. The number of carbonyl (C=O) groups is 3. The molecule has 0 fully saturated rings. The van der Waals surface area contributed by atoms with Gasteiger partial charge in [-0.3, -0.25) is 9.59 Å². The third-order valence-electron chi connectivity index (χ3n) is 2.42. The van der Waals surface area contributed by atoms with Crippen molar-refractivity contribution in [1.29, 1.82) is 0 Å². The lowest BCUT2D eigenvalue weighted by molar-refractivity contribution is -0.139. The monoisotopic (exact) mass is 297 g/mol. The van der Waals surface area contributed by atoms with Crippen molar-refractivity contribution in [2.24, 2.45) is 0 Å². The summed E-state index contributed by atoms with van der Waals surface area (Å²) in [5, 5.41) is 19.9. The molecule has 6 nitrogen and oxygen atoms in total. The van der Waals surface area contributed by atoms with E-state index >= 15 is 0 Å². The van der Waals surface area contributed by atoms with Gasteiger partial charge in [-0.2, -0.15) is 11.8 Å². The molecule has 0 unspecified atom stereocenters. The first kappa shape index (κ1) is 16.0. The fraction of sp³-hybridized carbons (Fsp3) is 0.308. The zero-order chi connectivity index (χ0) is 15.0. The highest BCUT2D eigenvalue weighted by Crippen LogP contribution is 2.06. The van der Waals surface area contributed by atoms with E-state index < -0.39 is 23.9 Å². The summed E-state index contributed by atoms with van der Waals surface area (Å²) in [6.07, 6.45) is 0.172. The van der Waals surface area contributed by atoms with Crippen LogP contribution in [0.15, 0.2) is 30.3 Å². The second-order valence-corrected chi connectivity index (χ2v) is 5.07. The number of rotatable bonds is 8. The van der Waals surface area contributed by atoms with Crippen LogP contribution in [0.4, 0.5) is 0 Å². The van der Waals surface area contributed by atoms with E-state index in [0.29, 0.717) is 11.3 Å². The Morgan fingerprint density at radius 1 is 1.15 bits per heavy atom. The normalized spacial score (nSPS) is 11.6. The topological polar surface area (TPSA) is 104 Å². The number of thioether (sulfide) groups is 1. The molecule has 0 heterocycles. The van der Waals surface area contributed by atoms with Gasteiger partial charge in [-0.15, -0.1) is 0 Å². The maximum Gasteiger partial charge on any atom is 0.326 e. The number of hydrogen-bond donors (Lipinski definition) is 3. The van der Waals surface area contributed by atoms with Crippen molar-refractivity contribution < 1.29 is 24.6 Å². The number of hydrogen-bond acceptors (Lipinski definition) is 4. The van der Waals surface area contributed by atoms with Crippen LogP contribution in [0, 0.1) is 0 Å². The van der Waals surface area contributed by atoms with Crippen molar-refractivity contribution >= 4 is 29.6 Å². The molecule has 0 spiro atoms. The zero-order valence-corrected chi connectivity index (χ0v) is 11.4. The first-order valence-corrected chi connectivity index (χ1v) is 7.04. The van der Waals surface area contributed by atoms with Crippen molar-refractivity contribution in [3.63, 3.8) is 0 Å². The van der Waals surface area contributed by atoms with Crippen LogP contribution in [0.25, 0.3) is 0 Å². The summed E-state index contributed by atoms with van der Waals surface area (Å²) in [5.74, 6) is -2.28. The Bertz CT molecular complexity index is 477. The Balaban J connectivity index is 2.49. The third kappa shape index (κ3) is 5.75. The third-order valence-corrected chi connectivity index (χ3v) is 3.39. The molecule has 0 saturated heterocycles. The highest BCUT2D eigenvalue weighted by molar-refractivity contribution is 7.99. The van der Waals surface area contributed by atoms with Gasteiger partial charge in [0.15, 0.2) is 0 Å². The van der Waals surface area contributed by atoms with E-state index in [-0.39, 0.29) is 12.2 Å². The molecule has 1 atom stereocenters. The maximum absolute atomic E-state index is 11.8. The summed E-state index contributed by atoms with van der Waals surface area (Å²) >= 11 is 1.12. The number of amides is 1. The van der Waals surface area contributed by atoms with Gasteiger partial charge < -0.3 is 15.5 Å². The van der Waals surface area contributed by atoms with Gasteiger partial charge in [0, 0.05) is 5.56 Å². The number of carbonyl (C=O) groups excluding carboxylic acids is 1. The molecule has 1 aromatic carbocycles. The van der Waals surface area contributed by atoms with Gasteiger partial charge in [-0.05, 0) is 24.3 Å². The maximum atomic E-state index is 11.8. The van der Waals surface area contributed by atoms with Crippen molar-refractivity contribution in [2.75, 3.05) is 11.5 Å². The number of carboxylic acids is 2. The highest BCUT2D eigenvalue weighted by atomic mass is 32.2. The molecule has 108 valence electrons.